The molecule has 0 radical (unpaired) electrons. The van der Waals surface area contributed by atoms with Gasteiger partial charge in [0.2, 0.25) is 17.7 Å². The zero-order chi connectivity index (χ0) is 23.3. The largest absolute Gasteiger partial charge is 0.481 e. The highest BCUT2D eigenvalue weighted by Crippen LogP contribution is 2.02. The molecule has 0 aliphatic rings. The summed E-state index contributed by atoms with van der Waals surface area (Å²) in [5.41, 5.74) is 5.41. The minimum atomic E-state index is -1.46. The van der Waals surface area contributed by atoms with Crippen LogP contribution in [-0.4, -0.2) is 87.6 Å². The van der Waals surface area contributed by atoms with Crippen LogP contribution in [0.3, 0.4) is 0 Å². The fourth-order valence-electron chi connectivity index (χ4n) is 2.13. The molecule has 0 aliphatic carbocycles. The second-order valence-corrected chi connectivity index (χ2v) is 7.14. The third-order valence-electron chi connectivity index (χ3n) is 3.68. The maximum atomic E-state index is 12.3. The Hall–Kier alpha value is -2.87. The van der Waals surface area contributed by atoms with Crippen molar-refractivity contribution < 1.29 is 44.1 Å². The van der Waals surface area contributed by atoms with Gasteiger partial charge in [0.15, 0.2) is 0 Å². The molecule has 0 aromatic heterocycles. The molecule has 0 bridgehead atoms. The Bertz CT molecular complexity index is 659. The first-order valence-electron chi connectivity index (χ1n) is 8.76. The minimum Gasteiger partial charge on any atom is -0.481 e. The molecule has 3 amide bonds. The summed E-state index contributed by atoms with van der Waals surface area (Å²) in [6, 6.07) is -3.98. The van der Waals surface area contributed by atoms with Crippen molar-refractivity contribution in [2.24, 2.45) is 5.73 Å². The van der Waals surface area contributed by atoms with Crippen molar-refractivity contribution in [2.75, 3.05) is 18.6 Å². The van der Waals surface area contributed by atoms with Gasteiger partial charge in [-0.1, -0.05) is 0 Å². The van der Waals surface area contributed by atoms with Crippen LogP contribution < -0.4 is 21.7 Å². The summed E-state index contributed by atoms with van der Waals surface area (Å²) in [7, 11) is 0. The average Bonchev–Trinajstić information content (AvgIpc) is 2.65. The Kier molecular flexibility index (Phi) is 12.8. The van der Waals surface area contributed by atoms with E-state index in [0.717, 1.165) is 0 Å². The molecular weight excluding hydrogens is 424 g/mol. The molecule has 0 rings (SSSR count). The first-order chi connectivity index (χ1) is 14.0. The average molecular weight is 450 g/mol. The molecule has 0 aliphatic heterocycles. The van der Waals surface area contributed by atoms with E-state index in [1.807, 2.05) is 0 Å². The van der Waals surface area contributed by atoms with Crippen LogP contribution in [0.4, 0.5) is 0 Å². The first-order valence-corrected chi connectivity index (χ1v) is 10.2. The Morgan fingerprint density at radius 2 is 1.53 bits per heavy atom. The minimum absolute atomic E-state index is 0.176. The number of hydrogen-bond donors (Lipinski definition) is 7. The van der Waals surface area contributed by atoms with E-state index in [2.05, 4.69) is 16.0 Å². The summed E-state index contributed by atoms with van der Waals surface area (Å²) < 4.78 is 0. The van der Waals surface area contributed by atoms with E-state index in [9.17, 15) is 28.8 Å². The molecule has 14 heteroatoms. The fraction of sp³-hybridized carbons (Fsp3) is 0.625. The molecule has 0 heterocycles. The van der Waals surface area contributed by atoms with Crippen LogP contribution >= 0.6 is 11.8 Å². The predicted molar refractivity (Wildman–Crippen MR) is 105 cm³/mol. The number of hydrogen-bond acceptors (Lipinski definition) is 8. The maximum absolute atomic E-state index is 12.3. The van der Waals surface area contributed by atoms with Gasteiger partial charge in [0.1, 0.15) is 12.1 Å². The Morgan fingerprint density at radius 3 is 2.03 bits per heavy atom. The molecule has 13 nitrogen and oxygen atoms in total. The standard InChI is InChI=1S/C16H26N4O9S/c1-30-5-4-10(16(28)29)19-11(21)7-18-15(27)9(2-3-12(22)23)20-14(26)8(17)6-13(24)25/h8-10H,2-7,17H2,1H3,(H,18,27)(H,19,21)(H,20,26)(H,22,23)(H,24,25)(H,28,29). The van der Waals surface area contributed by atoms with Crippen molar-refractivity contribution in [3.05, 3.63) is 0 Å². The predicted octanol–water partition coefficient (Wildman–Crippen LogP) is -2.42. The zero-order valence-corrected chi connectivity index (χ0v) is 17.1. The van der Waals surface area contributed by atoms with E-state index < -0.39 is 73.1 Å². The Labute approximate surface area is 176 Å². The molecule has 0 saturated heterocycles. The normalized spacial score (nSPS) is 13.4. The highest BCUT2D eigenvalue weighted by molar-refractivity contribution is 7.98. The van der Waals surface area contributed by atoms with Gasteiger partial charge in [0.05, 0.1) is 19.0 Å². The number of amides is 3. The second kappa shape index (κ2) is 14.2. The highest BCUT2D eigenvalue weighted by Gasteiger charge is 2.26. The number of aliphatic carboxylic acids is 3. The molecule has 0 aromatic rings. The van der Waals surface area contributed by atoms with E-state index in [4.69, 9.17) is 21.1 Å². The Balaban J connectivity index is 4.88. The van der Waals surface area contributed by atoms with Crippen LogP contribution in [0.25, 0.3) is 0 Å². The maximum Gasteiger partial charge on any atom is 0.326 e. The van der Waals surface area contributed by atoms with Gasteiger partial charge in [-0.3, -0.25) is 24.0 Å². The molecule has 170 valence electrons. The molecule has 0 aromatic carbocycles. The molecule has 0 saturated carbocycles. The van der Waals surface area contributed by atoms with Crippen LogP contribution in [0.15, 0.2) is 0 Å². The lowest BCUT2D eigenvalue weighted by Crippen LogP contribution is -2.53. The SMILES string of the molecule is CSCCC(NC(=O)CNC(=O)C(CCC(=O)O)NC(=O)C(N)CC(=O)O)C(=O)O. The number of carboxylic acids is 3. The highest BCUT2D eigenvalue weighted by atomic mass is 32.2. The molecular formula is C16H26N4O9S. The third kappa shape index (κ3) is 11.9. The smallest absolute Gasteiger partial charge is 0.326 e. The van der Waals surface area contributed by atoms with Crippen LogP contribution in [0, 0.1) is 0 Å². The molecule has 3 atom stereocenters. The molecule has 3 unspecified atom stereocenters. The summed E-state index contributed by atoms with van der Waals surface area (Å²) >= 11 is 1.40. The first kappa shape index (κ1) is 27.1. The van der Waals surface area contributed by atoms with E-state index in [0.29, 0.717) is 5.75 Å². The van der Waals surface area contributed by atoms with E-state index in [1.54, 1.807) is 6.26 Å². The van der Waals surface area contributed by atoms with E-state index >= 15 is 0 Å². The van der Waals surface area contributed by atoms with Gasteiger partial charge in [-0.25, -0.2) is 4.79 Å². The van der Waals surface area contributed by atoms with E-state index in [-0.39, 0.29) is 12.8 Å². The van der Waals surface area contributed by atoms with Gasteiger partial charge in [0.25, 0.3) is 0 Å². The van der Waals surface area contributed by atoms with Crippen molar-refractivity contribution in [2.45, 2.75) is 43.8 Å². The van der Waals surface area contributed by atoms with Gasteiger partial charge in [0, 0.05) is 6.42 Å². The fourth-order valence-corrected chi connectivity index (χ4v) is 2.60. The summed E-state index contributed by atoms with van der Waals surface area (Å²) in [5.74, 6) is -5.99. The quantitative estimate of drug-likeness (QED) is 0.139. The van der Waals surface area contributed by atoms with Gasteiger partial charge in [-0.05, 0) is 24.9 Å². The van der Waals surface area contributed by atoms with Crippen molar-refractivity contribution >= 4 is 47.4 Å². The van der Waals surface area contributed by atoms with Crippen molar-refractivity contribution in [3.63, 3.8) is 0 Å². The third-order valence-corrected chi connectivity index (χ3v) is 4.32. The van der Waals surface area contributed by atoms with Crippen LogP contribution in [0.5, 0.6) is 0 Å². The van der Waals surface area contributed by atoms with Crippen LogP contribution in [0.1, 0.15) is 25.7 Å². The number of nitrogens with one attached hydrogen (secondary N) is 3. The van der Waals surface area contributed by atoms with Crippen molar-refractivity contribution in [1.82, 2.24) is 16.0 Å². The molecule has 30 heavy (non-hydrogen) atoms. The lowest BCUT2D eigenvalue weighted by atomic mass is 10.1. The molecule has 8 N–H and O–H groups in total. The van der Waals surface area contributed by atoms with E-state index in [1.165, 1.54) is 11.8 Å². The lowest BCUT2D eigenvalue weighted by Gasteiger charge is -2.20. The summed E-state index contributed by atoms with van der Waals surface area (Å²) in [6.07, 6.45) is 0.423. The number of rotatable bonds is 15. The zero-order valence-electron chi connectivity index (χ0n) is 16.3. The number of carbonyl (C=O) groups is 6. The van der Waals surface area contributed by atoms with Gasteiger partial charge >= 0.3 is 17.9 Å². The monoisotopic (exact) mass is 450 g/mol. The number of thioether (sulfide) groups is 1. The van der Waals surface area contributed by atoms with Crippen molar-refractivity contribution in [3.8, 4) is 0 Å². The lowest BCUT2D eigenvalue weighted by molar-refractivity contribution is -0.141. The van der Waals surface area contributed by atoms with Gasteiger partial charge in [-0.15, -0.1) is 0 Å². The second-order valence-electron chi connectivity index (χ2n) is 6.16. The summed E-state index contributed by atoms with van der Waals surface area (Å²) in [4.78, 5) is 68.6. The van der Waals surface area contributed by atoms with Gasteiger partial charge < -0.3 is 37.0 Å². The topological polar surface area (TPSA) is 225 Å². The summed E-state index contributed by atoms with van der Waals surface area (Å²) in [6.45, 7) is -0.609. The number of carboxylic acid groups (broad SMARTS) is 3. The van der Waals surface area contributed by atoms with Crippen molar-refractivity contribution in [1.29, 1.82) is 0 Å². The van der Waals surface area contributed by atoms with Crippen LogP contribution in [0.2, 0.25) is 0 Å². The number of nitrogens with two attached hydrogens (primary N) is 1. The molecule has 0 fully saturated rings. The summed E-state index contributed by atoms with van der Waals surface area (Å²) in [5, 5.41) is 33.1. The number of carbonyl (C=O) groups excluding carboxylic acids is 3. The molecule has 0 spiro atoms. The van der Waals surface area contributed by atoms with Gasteiger partial charge in [-0.2, -0.15) is 11.8 Å². The van der Waals surface area contributed by atoms with Crippen LogP contribution in [-0.2, 0) is 28.8 Å². The Morgan fingerprint density at radius 1 is 0.900 bits per heavy atom.